The summed E-state index contributed by atoms with van der Waals surface area (Å²) in [5, 5.41) is 16.2. The van der Waals surface area contributed by atoms with Gasteiger partial charge in [0.15, 0.2) is 0 Å². The predicted molar refractivity (Wildman–Crippen MR) is 171 cm³/mol. The van der Waals surface area contributed by atoms with Crippen molar-refractivity contribution in [1.82, 2.24) is 15.6 Å². The van der Waals surface area contributed by atoms with Crippen LogP contribution in [0.25, 0.3) is 10.9 Å². The van der Waals surface area contributed by atoms with Gasteiger partial charge in [-0.05, 0) is 35.6 Å². The van der Waals surface area contributed by atoms with E-state index in [1.165, 1.54) is 0 Å². The van der Waals surface area contributed by atoms with E-state index in [2.05, 4.69) is 15.6 Å². The number of hydrogen-bond donors (Lipinski definition) is 5. The standard InChI is InChI=1S/C34H38N3O7P/c38-31(39)29(20-26-21-35-28-16-8-7-15-27(26)28)36-32(40)34(17-9-10-18-34)23-45(42,43)30(19-24-11-3-1-4-12-24)37-33(41)44-22-25-13-5-2-6-14-25/h1-8,11-16,21,29-30,35H,9-10,17-20,22-23H2,(H,36,40)(H,37,41)(H,38,39)(H,42,43)/t29-,30?/m0/s1. The molecule has 45 heavy (non-hydrogen) atoms. The number of amides is 2. The average molecular weight is 632 g/mol. The molecular weight excluding hydrogens is 593 g/mol. The second-order valence-electron chi connectivity index (χ2n) is 11.7. The lowest BCUT2D eigenvalue weighted by Gasteiger charge is -2.34. The van der Waals surface area contributed by atoms with E-state index in [0.29, 0.717) is 25.7 Å². The molecule has 2 unspecified atom stereocenters. The second kappa shape index (κ2) is 14.1. The number of aromatic nitrogens is 1. The molecule has 0 spiro atoms. The smallest absolute Gasteiger partial charge is 0.408 e. The Kier molecular flexibility index (Phi) is 10.1. The Morgan fingerprint density at radius 3 is 2.16 bits per heavy atom. The van der Waals surface area contributed by atoms with Gasteiger partial charge in [-0.15, -0.1) is 0 Å². The quantitative estimate of drug-likeness (QED) is 0.120. The molecular formula is C34H38N3O7P. The van der Waals surface area contributed by atoms with Crippen LogP contribution < -0.4 is 10.6 Å². The summed E-state index contributed by atoms with van der Waals surface area (Å²) in [6.07, 6.45) is 2.56. The number of carboxylic acids is 1. The summed E-state index contributed by atoms with van der Waals surface area (Å²) < 4.78 is 19.6. The molecule has 3 atom stereocenters. The molecule has 4 aromatic rings. The van der Waals surface area contributed by atoms with Crippen LogP contribution in [-0.4, -0.2) is 50.9 Å². The van der Waals surface area contributed by atoms with Crippen LogP contribution in [0.4, 0.5) is 4.79 Å². The van der Waals surface area contributed by atoms with Crippen molar-refractivity contribution in [3.63, 3.8) is 0 Å². The lowest BCUT2D eigenvalue weighted by Crippen LogP contribution is -2.50. The highest BCUT2D eigenvalue weighted by Crippen LogP contribution is 2.55. The molecule has 1 aromatic heterocycles. The fourth-order valence-corrected chi connectivity index (χ4v) is 8.47. The molecule has 1 saturated carbocycles. The summed E-state index contributed by atoms with van der Waals surface area (Å²) in [6, 6.07) is 24.4. The van der Waals surface area contributed by atoms with E-state index in [1.54, 1.807) is 42.6 Å². The fraction of sp³-hybridized carbons (Fsp3) is 0.324. The van der Waals surface area contributed by atoms with Crippen molar-refractivity contribution in [2.45, 2.75) is 57.0 Å². The van der Waals surface area contributed by atoms with Crippen molar-refractivity contribution < 1.29 is 33.7 Å². The van der Waals surface area contributed by atoms with Gasteiger partial charge in [0.2, 0.25) is 13.3 Å². The molecule has 1 aliphatic carbocycles. The van der Waals surface area contributed by atoms with Crippen molar-refractivity contribution in [1.29, 1.82) is 0 Å². The molecule has 2 amide bonds. The molecule has 0 saturated heterocycles. The summed E-state index contributed by atoms with van der Waals surface area (Å²) in [5.41, 5.74) is 1.84. The summed E-state index contributed by atoms with van der Waals surface area (Å²) in [7, 11) is -4.27. The Morgan fingerprint density at radius 2 is 1.49 bits per heavy atom. The maximum atomic E-state index is 14.2. The van der Waals surface area contributed by atoms with E-state index in [4.69, 9.17) is 4.74 Å². The summed E-state index contributed by atoms with van der Waals surface area (Å²) in [5.74, 6) is -2.99. The Morgan fingerprint density at radius 1 is 0.867 bits per heavy atom. The molecule has 11 heteroatoms. The van der Waals surface area contributed by atoms with Crippen LogP contribution in [0.15, 0.2) is 91.1 Å². The van der Waals surface area contributed by atoms with Gasteiger partial charge >= 0.3 is 12.1 Å². The third kappa shape index (κ3) is 8.01. The lowest BCUT2D eigenvalue weighted by molar-refractivity contribution is -0.143. The number of hydrogen-bond acceptors (Lipinski definition) is 5. The minimum atomic E-state index is -4.27. The Bertz CT molecular complexity index is 1670. The third-order valence-corrected chi connectivity index (χ3v) is 10.9. The number of aromatic amines is 1. The first-order chi connectivity index (χ1) is 21.6. The van der Waals surface area contributed by atoms with E-state index in [1.807, 2.05) is 48.5 Å². The topological polar surface area (TPSA) is 158 Å². The zero-order valence-electron chi connectivity index (χ0n) is 24.9. The average Bonchev–Trinajstić information content (AvgIpc) is 3.68. The van der Waals surface area contributed by atoms with Gasteiger partial charge in [0.1, 0.15) is 18.4 Å². The molecule has 5 rings (SSSR count). The molecule has 236 valence electrons. The molecule has 1 aliphatic rings. The largest absolute Gasteiger partial charge is 0.480 e. The minimum Gasteiger partial charge on any atom is -0.480 e. The molecule has 1 heterocycles. The number of rotatable bonds is 13. The first-order valence-corrected chi connectivity index (χ1v) is 17.0. The molecule has 5 N–H and O–H groups in total. The number of alkyl carbamates (subject to hydrolysis) is 1. The van der Waals surface area contributed by atoms with Crippen molar-refractivity contribution in [3.05, 3.63) is 108 Å². The van der Waals surface area contributed by atoms with Gasteiger partial charge in [0.25, 0.3) is 0 Å². The van der Waals surface area contributed by atoms with E-state index in [0.717, 1.165) is 27.6 Å². The fourth-order valence-electron chi connectivity index (χ4n) is 6.12. The van der Waals surface area contributed by atoms with E-state index >= 15 is 0 Å². The van der Waals surface area contributed by atoms with Gasteiger partial charge in [0.05, 0.1) is 5.41 Å². The van der Waals surface area contributed by atoms with Crippen LogP contribution in [0.3, 0.4) is 0 Å². The van der Waals surface area contributed by atoms with Gasteiger partial charge in [0, 0.05) is 36.1 Å². The third-order valence-electron chi connectivity index (χ3n) is 8.53. The normalized spacial score (nSPS) is 16.7. The lowest BCUT2D eigenvalue weighted by atomic mass is 9.87. The van der Waals surface area contributed by atoms with Crippen LogP contribution in [-0.2, 0) is 38.3 Å². The molecule has 3 aromatic carbocycles. The SMILES string of the molecule is O=C(NC(Cc1ccccc1)P(=O)(O)CC1(C(=O)N[C@@H](Cc2c[nH]c3ccccc23)C(=O)O)CCCC1)OCc1ccccc1. The van der Waals surface area contributed by atoms with Crippen LogP contribution in [0, 0.1) is 5.41 Å². The number of ether oxygens (including phenoxy) is 1. The number of carbonyl (C=O) groups is 3. The second-order valence-corrected chi connectivity index (χ2v) is 14.2. The number of carbonyl (C=O) groups excluding carboxylic acids is 2. The number of carboxylic acid groups (broad SMARTS) is 1. The number of nitrogens with one attached hydrogen (secondary N) is 3. The maximum Gasteiger partial charge on any atom is 0.408 e. The van der Waals surface area contributed by atoms with Crippen molar-refractivity contribution in [3.8, 4) is 0 Å². The molecule has 0 radical (unpaired) electrons. The summed E-state index contributed by atoms with van der Waals surface area (Å²) in [6.45, 7) is -0.0141. The maximum absolute atomic E-state index is 14.2. The highest BCUT2D eigenvalue weighted by molar-refractivity contribution is 7.58. The zero-order valence-corrected chi connectivity index (χ0v) is 25.7. The number of para-hydroxylation sites is 1. The summed E-state index contributed by atoms with van der Waals surface area (Å²) in [4.78, 5) is 53.8. The Balaban J connectivity index is 1.34. The first kappa shape index (κ1) is 32.0. The minimum absolute atomic E-state index is 0.0141. The molecule has 1 fully saturated rings. The predicted octanol–water partition coefficient (Wildman–Crippen LogP) is 5.61. The molecule has 10 nitrogen and oxygen atoms in total. The zero-order chi connectivity index (χ0) is 31.9. The highest BCUT2D eigenvalue weighted by atomic mass is 31.2. The highest BCUT2D eigenvalue weighted by Gasteiger charge is 2.49. The van der Waals surface area contributed by atoms with Crippen LogP contribution in [0.2, 0.25) is 0 Å². The Labute approximate surface area is 261 Å². The van der Waals surface area contributed by atoms with Crippen LogP contribution in [0.5, 0.6) is 0 Å². The van der Waals surface area contributed by atoms with Gasteiger partial charge in [-0.2, -0.15) is 0 Å². The van der Waals surface area contributed by atoms with Crippen LogP contribution >= 0.6 is 7.37 Å². The monoisotopic (exact) mass is 631 g/mol. The van der Waals surface area contributed by atoms with Crippen LogP contribution in [0.1, 0.15) is 42.4 Å². The molecule has 0 bridgehead atoms. The number of H-pyrrole nitrogens is 1. The number of fused-ring (bicyclic) bond motifs is 1. The van der Waals surface area contributed by atoms with Gasteiger partial charge in [-0.1, -0.05) is 91.7 Å². The van der Waals surface area contributed by atoms with Crippen molar-refractivity contribution >= 4 is 36.2 Å². The van der Waals surface area contributed by atoms with Gasteiger partial charge in [-0.3, -0.25) is 9.36 Å². The van der Waals surface area contributed by atoms with E-state index in [9.17, 15) is 28.9 Å². The number of benzene rings is 3. The van der Waals surface area contributed by atoms with E-state index < -0.39 is 48.7 Å². The van der Waals surface area contributed by atoms with E-state index in [-0.39, 0.29) is 19.4 Å². The van der Waals surface area contributed by atoms with Gasteiger partial charge < -0.3 is 30.4 Å². The molecule has 0 aliphatic heterocycles. The van der Waals surface area contributed by atoms with Crippen molar-refractivity contribution in [2.24, 2.45) is 5.41 Å². The number of aliphatic carboxylic acids is 1. The Hall–Kier alpha value is -4.40. The summed E-state index contributed by atoms with van der Waals surface area (Å²) >= 11 is 0. The first-order valence-electron chi connectivity index (χ1n) is 15.1. The van der Waals surface area contributed by atoms with Crippen molar-refractivity contribution in [2.75, 3.05) is 6.16 Å². The van der Waals surface area contributed by atoms with Gasteiger partial charge in [-0.25, -0.2) is 9.59 Å².